The van der Waals surface area contributed by atoms with Gasteiger partial charge in [0, 0.05) is 18.9 Å². The highest BCUT2D eigenvalue weighted by Crippen LogP contribution is 2.20. The first kappa shape index (κ1) is 13.6. The predicted molar refractivity (Wildman–Crippen MR) is 72.8 cm³/mol. The van der Waals surface area contributed by atoms with E-state index in [1.54, 1.807) is 43.0 Å². The lowest BCUT2D eigenvalue weighted by Gasteiger charge is -2.09. The Morgan fingerprint density at radius 3 is 2.74 bits per heavy atom. The number of hydrogen-bond donors (Lipinski definition) is 2. The van der Waals surface area contributed by atoms with Gasteiger partial charge in [-0.25, -0.2) is 13.1 Å². The number of nitrogens with two attached hydrogens (primary N) is 1. The van der Waals surface area contributed by atoms with Gasteiger partial charge in [-0.15, -0.1) is 0 Å². The van der Waals surface area contributed by atoms with Gasteiger partial charge in [-0.2, -0.15) is 5.10 Å². The minimum absolute atomic E-state index is 0.150. The second kappa shape index (κ2) is 5.02. The van der Waals surface area contributed by atoms with Crippen molar-refractivity contribution in [3.05, 3.63) is 41.7 Å². The zero-order valence-electron chi connectivity index (χ0n) is 10.8. The van der Waals surface area contributed by atoms with Crippen molar-refractivity contribution in [3.63, 3.8) is 0 Å². The van der Waals surface area contributed by atoms with E-state index in [4.69, 9.17) is 5.73 Å². The summed E-state index contributed by atoms with van der Waals surface area (Å²) in [5, 5.41) is 4.11. The maximum Gasteiger partial charge on any atom is 0.241 e. The Morgan fingerprint density at radius 1 is 1.37 bits per heavy atom. The topological polar surface area (TPSA) is 90.0 Å². The molecule has 2 aromatic rings. The maximum atomic E-state index is 12.2. The summed E-state index contributed by atoms with van der Waals surface area (Å²) in [6.07, 6.45) is 1.76. The second-order valence-corrected chi connectivity index (χ2v) is 6.01. The molecule has 0 saturated carbocycles. The molecule has 7 heteroatoms. The van der Waals surface area contributed by atoms with Gasteiger partial charge >= 0.3 is 0 Å². The Kier molecular flexibility index (Phi) is 3.59. The Hall–Kier alpha value is -1.86. The minimum atomic E-state index is -3.58. The summed E-state index contributed by atoms with van der Waals surface area (Å²) < 4.78 is 28.5. The van der Waals surface area contributed by atoms with Gasteiger partial charge < -0.3 is 5.73 Å². The van der Waals surface area contributed by atoms with E-state index in [0.717, 1.165) is 0 Å². The van der Waals surface area contributed by atoms with Gasteiger partial charge in [0.2, 0.25) is 10.0 Å². The normalized spacial score (nSPS) is 11.7. The summed E-state index contributed by atoms with van der Waals surface area (Å²) in [6.45, 7) is 1.84. The van der Waals surface area contributed by atoms with Gasteiger partial charge in [0.15, 0.2) is 0 Å². The van der Waals surface area contributed by atoms with Crippen LogP contribution in [0, 0.1) is 6.92 Å². The van der Waals surface area contributed by atoms with E-state index in [0.29, 0.717) is 16.9 Å². The molecule has 0 aliphatic heterocycles. The quantitative estimate of drug-likeness (QED) is 0.810. The van der Waals surface area contributed by atoms with Crippen LogP contribution in [0.5, 0.6) is 0 Å². The number of rotatable bonds is 4. The zero-order valence-corrected chi connectivity index (χ0v) is 11.6. The van der Waals surface area contributed by atoms with E-state index in [1.165, 1.54) is 6.07 Å². The van der Waals surface area contributed by atoms with Gasteiger partial charge in [-0.05, 0) is 30.7 Å². The standard InChI is InChI=1S/C12H16N4O2S/c1-9-11(13)4-3-5-12(9)19(17,18)14-8-10-6-7-16(2)15-10/h3-7,14H,8,13H2,1-2H3. The molecule has 1 aromatic carbocycles. The van der Waals surface area contributed by atoms with Crippen molar-refractivity contribution in [1.82, 2.24) is 14.5 Å². The van der Waals surface area contributed by atoms with Crippen LogP contribution in [0.4, 0.5) is 5.69 Å². The van der Waals surface area contributed by atoms with Crippen molar-refractivity contribution in [2.24, 2.45) is 7.05 Å². The van der Waals surface area contributed by atoms with Crippen molar-refractivity contribution >= 4 is 15.7 Å². The molecule has 0 amide bonds. The molecule has 0 aliphatic carbocycles. The average Bonchev–Trinajstić information content (AvgIpc) is 2.76. The summed E-state index contributed by atoms with van der Waals surface area (Å²) in [4.78, 5) is 0.198. The van der Waals surface area contributed by atoms with Gasteiger partial charge in [-0.3, -0.25) is 4.68 Å². The molecule has 2 rings (SSSR count). The van der Waals surface area contributed by atoms with Gasteiger partial charge in [0.25, 0.3) is 0 Å². The summed E-state index contributed by atoms with van der Waals surface area (Å²) in [5.74, 6) is 0. The molecule has 0 fully saturated rings. The van der Waals surface area contributed by atoms with Gasteiger partial charge in [0.1, 0.15) is 0 Å². The van der Waals surface area contributed by atoms with E-state index < -0.39 is 10.0 Å². The molecule has 1 heterocycles. The third-order valence-electron chi connectivity index (χ3n) is 2.83. The molecule has 0 unspecified atom stereocenters. The van der Waals surface area contributed by atoms with Crippen LogP contribution in [0.2, 0.25) is 0 Å². The maximum absolute atomic E-state index is 12.2. The van der Waals surface area contributed by atoms with Crippen molar-refractivity contribution < 1.29 is 8.42 Å². The Bertz CT molecular complexity index is 692. The number of hydrogen-bond acceptors (Lipinski definition) is 4. The molecule has 6 nitrogen and oxygen atoms in total. The molecule has 0 bridgehead atoms. The fourth-order valence-corrected chi connectivity index (χ4v) is 3.00. The van der Waals surface area contributed by atoms with E-state index in [1.807, 2.05) is 0 Å². The highest BCUT2D eigenvalue weighted by Gasteiger charge is 2.17. The second-order valence-electron chi connectivity index (χ2n) is 4.28. The van der Waals surface area contributed by atoms with E-state index >= 15 is 0 Å². The van der Waals surface area contributed by atoms with Crippen LogP contribution in [0.25, 0.3) is 0 Å². The zero-order chi connectivity index (χ0) is 14.0. The fraction of sp³-hybridized carbons (Fsp3) is 0.250. The minimum Gasteiger partial charge on any atom is -0.398 e. The molecular weight excluding hydrogens is 264 g/mol. The molecule has 102 valence electrons. The van der Waals surface area contributed by atoms with Crippen LogP contribution >= 0.6 is 0 Å². The largest absolute Gasteiger partial charge is 0.398 e. The van der Waals surface area contributed by atoms with Crippen molar-refractivity contribution in [3.8, 4) is 0 Å². The lowest BCUT2D eigenvalue weighted by molar-refractivity contribution is 0.579. The van der Waals surface area contributed by atoms with Crippen LogP contribution in [0.3, 0.4) is 0 Å². The summed E-state index contributed by atoms with van der Waals surface area (Å²) in [6, 6.07) is 6.59. The van der Waals surface area contributed by atoms with Gasteiger partial charge in [-0.1, -0.05) is 6.07 Å². The first-order valence-corrected chi connectivity index (χ1v) is 7.22. The van der Waals surface area contributed by atoms with Crippen LogP contribution in [0.15, 0.2) is 35.4 Å². The highest BCUT2D eigenvalue weighted by molar-refractivity contribution is 7.89. The smallest absolute Gasteiger partial charge is 0.241 e. The van der Waals surface area contributed by atoms with Gasteiger partial charge in [0.05, 0.1) is 17.1 Å². The average molecular weight is 280 g/mol. The molecule has 0 saturated heterocycles. The molecule has 0 spiro atoms. The number of aryl methyl sites for hydroxylation is 1. The van der Waals surface area contributed by atoms with Crippen LogP contribution in [0.1, 0.15) is 11.3 Å². The molecule has 3 N–H and O–H groups in total. The number of nitrogens with zero attached hydrogens (tertiary/aromatic N) is 2. The molecular formula is C12H16N4O2S. The molecule has 1 aromatic heterocycles. The van der Waals surface area contributed by atoms with Crippen molar-refractivity contribution in [2.45, 2.75) is 18.4 Å². The molecule has 0 aliphatic rings. The molecule has 0 radical (unpaired) electrons. The number of benzene rings is 1. The Labute approximate surface area is 112 Å². The Morgan fingerprint density at radius 2 is 2.11 bits per heavy atom. The number of sulfonamides is 1. The first-order chi connectivity index (χ1) is 8.90. The number of anilines is 1. The predicted octanol–water partition coefficient (Wildman–Crippen LogP) is 0.789. The van der Waals surface area contributed by atoms with Crippen LogP contribution < -0.4 is 10.5 Å². The first-order valence-electron chi connectivity index (χ1n) is 5.73. The lowest BCUT2D eigenvalue weighted by atomic mass is 10.2. The number of nitrogen functional groups attached to an aromatic ring is 1. The number of aromatic nitrogens is 2. The molecule has 0 atom stereocenters. The van der Waals surface area contributed by atoms with Crippen LogP contribution in [-0.2, 0) is 23.6 Å². The summed E-state index contributed by atoms with van der Waals surface area (Å²) in [5.41, 5.74) is 7.39. The third kappa shape index (κ3) is 2.94. The van der Waals surface area contributed by atoms with Crippen LogP contribution in [-0.4, -0.2) is 18.2 Å². The summed E-state index contributed by atoms with van der Waals surface area (Å²) in [7, 11) is -1.80. The van der Waals surface area contributed by atoms with E-state index in [-0.39, 0.29) is 11.4 Å². The summed E-state index contributed by atoms with van der Waals surface area (Å²) >= 11 is 0. The van der Waals surface area contributed by atoms with Crippen molar-refractivity contribution in [2.75, 3.05) is 5.73 Å². The SMILES string of the molecule is Cc1c(N)cccc1S(=O)(=O)NCc1ccn(C)n1. The lowest BCUT2D eigenvalue weighted by Crippen LogP contribution is -2.24. The van der Waals surface area contributed by atoms with E-state index in [2.05, 4.69) is 9.82 Å². The third-order valence-corrected chi connectivity index (χ3v) is 4.37. The fourth-order valence-electron chi connectivity index (χ4n) is 1.73. The highest BCUT2D eigenvalue weighted by atomic mass is 32.2. The van der Waals surface area contributed by atoms with Crippen molar-refractivity contribution in [1.29, 1.82) is 0 Å². The monoisotopic (exact) mass is 280 g/mol. The number of nitrogens with one attached hydrogen (secondary N) is 1. The Balaban J connectivity index is 2.21. The van der Waals surface area contributed by atoms with E-state index in [9.17, 15) is 8.42 Å². The molecule has 19 heavy (non-hydrogen) atoms.